The molecule has 29 heavy (non-hydrogen) atoms. The van der Waals surface area contributed by atoms with E-state index in [0.29, 0.717) is 22.7 Å². The van der Waals surface area contributed by atoms with Crippen LogP contribution in [0.15, 0.2) is 48.7 Å². The third-order valence-corrected chi connectivity index (χ3v) is 5.09. The second kappa shape index (κ2) is 8.92. The van der Waals surface area contributed by atoms with E-state index in [1.54, 1.807) is 22.9 Å². The maximum absolute atomic E-state index is 12.6. The standard InChI is InChI=1S/C22H23ClN4O2/c1-4-20-17(12-25-27(20)16-10-8-14(2)9-11-16)22(29)24-13-21(28)26-19-7-5-6-18(23)15(19)3/h5-12H,4,13H2,1-3H3,(H,24,29)(H,26,28). The predicted molar refractivity (Wildman–Crippen MR) is 115 cm³/mol. The fourth-order valence-electron chi connectivity index (χ4n) is 3.01. The largest absolute Gasteiger partial charge is 0.343 e. The van der Waals surface area contributed by atoms with Gasteiger partial charge in [-0.25, -0.2) is 4.68 Å². The van der Waals surface area contributed by atoms with Gasteiger partial charge in [-0.1, -0.05) is 42.3 Å². The molecule has 6 nitrogen and oxygen atoms in total. The van der Waals surface area contributed by atoms with E-state index in [1.165, 1.54) is 6.20 Å². The number of amides is 2. The number of carbonyl (C=O) groups is 2. The molecule has 3 rings (SSSR count). The van der Waals surface area contributed by atoms with Gasteiger partial charge in [0.2, 0.25) is 5.91 Å². The molecule has 0 fully saturated rings. The van der Waals surface area contributed by atoms with E-state index in [9.17, 15) is 9.59 Å². The first kappa shape index (κ1) is 20.6. The third kappa shape index (κ3) is 4.66. The molecule has 150 valence electrons. The Bertz CT molecular complexity index is 1040. The zero-order chi connectivity index (χ0) is 21.0. The van der Waals surface area contributed by atoms with Crippen molar-refractivity contribution in [1.29, 1.82) is 0 Å². The Labute approximate surface area is 174 Å². The normalized spacial score (nSPS) is 10.6. The second-order valence-corrected chi connectivity index (χ2v) is 7.16. The molecule has 2 aromatic carbocycles. The van der Waals surface area contributed by atoms with Crippen molar-refractivity contribution in [2.75, 3.05) is 11.9 Å². The Balaban J connectivity index is 1.68. The number of halogens is 1. The fraction of sp³-hybridized carbons (Fsp3) is 0.227. The van der Waals surface area contributed by atoms with Crippen LogP contribution in [0.4, 0.5) is 5.69 Å². The van der Waals surface area contributed by atoms with E-state index >= 15 is 0 Å². The maximum atomic E-state index is 12.6. The van der Waals surface area contributed by atoms with Gasteiger partial charge < -0.3 is 10.6 Å². The van der Waals surface area contributed by atoms with Gasteiger partial charge in [-0.05, 0) is 50.1 Å². The number of nitrogens with zero attached hydrogens (tertiary/aromatic N) is 2. The molecule has 0 aliphatic rings. The second-order valence-electron chi connectivity index (χ2n) is 6.75. The van der Waals surface area contributed by atoms with Gasteiger partial charge in [0.25, 0.3) is 5.91 Å². The summed E-state index contributed by atoms with van der Waals surface area (Å²) < 4.78 is 1.75. The number of aryl methyl sites for hydroxylation is 1. The molecule has 2 amide bonds. The molecule has 0 saturated carbocycles. The number of anilines is 1. The van der Waals surface area contributed by atoms with E-state index in [-0.39, 0.29) is 18.4 Å². The zero-order valence-electron chi connectivity index (χ0n) is 16.6. The molecule has 0 bridgehead atoms. The number of rotatable bonds is 6. The fourth-order valence-corrected chi connectivity index (χ4v) is 3.18. The van der Waals surface area contributed by atoms with Crippen LogP contribution in [0.1, 0.15) is 34.1 Å². The monoisotopic (exact) mass is 410 g/mol. The molecule has 0 spiro atoms. The van der Waals surface area contributed by atoms with Crippen LogP contribution in [-0.4, -0.2) is 28.1 Å². The number of nitrogens with one attached hydrogen (secondary N) is 2. The summed E-state index contributed by atoms with van der Waals surface area (Å²) in [6.45, 7) is 5.66. The van der Waals surface area contributed by atoms with Crippen LogP contribution in [-0.2, 0) is 11.2 Å². The highest BCUT2D eigenvalue weighted by Gasteiger charge is 2.18. The van der Waals surface area contributed by atoms with Gasteiger partial charge in [-0.3, -0.25) is 9.59 Å². The summed E-state index contributed by atoms with van der Waals surface area (Å²) in [6, 6.07) is 13.2. The van der Waals surface area contributed by atoms with Crippen molar-refractivity contribution >= 4 is 29.1 Å². The first-order valence-corrected chi connectivity index (χ1v) is 9.75. The summed E-state index contributed by atoms with van der Waals surface area (Å²) in [4.78, 5) is 24.9. The summed E-state index contributed by atoms with van der Waals surface area (Å²) in [6.07, 6.45) is 2.16. The number of hydrogen-bond donors (Lipinski definition) is 2. The molecule has 2 N–H and O–H groups in total. The number of hydrogen-bond acceptors (Lipinski definition) is 3. The topological polar surface area (TPSA) is 76.0 Å². The van der Waals surface area contributed by atoms with Crippen LogP contribution in [0, 0.1) is 13.8 Å². The average Bonchev–Trinajstić information content (AvgIpc) is 3.14. The molecular weight excluding hydrogens is 388 g/mol. The van der Waals surface area contributed by atoms with Crippen LogP contribution in [0.5, 0.6) is 0 Å². The lowest BCUT2D eigenvalue weighted by atomic mass is 10.1. The molecule has 0 atom stereocenters. The minimum atomic E-state index is -0.335. The molecule has 0 aliphatic heterocycles. The van der Waals surface area contributed by atoms with Crippen molar-refractivity contribution in [3.8, 4) is 5.69 Å². The molecule has 0 saturated heterocycles. The number of aromatic nitrogens is 2. The lowest BCUT2D eigenvalue weighted by molar-refractivity contribution is -0.115. The molecule has 7 heteroatoms. The SMILES string of the molecule is CCc1c(C(=O)NCC(=O)Nc2cccc(Cl)c2C)cnn1-c1ccc(C)cc1. The van der Waals surface area contributed by atoms with Gasteiger partial charge in [0.1, 0.15) is 0 Å². The Hall–Kier alpha value is -3.12. The maximum Gasteiger partial charge on any atom is 0.255 e. The highest BCUT2D eigenvalue weighted by atomic mass is 35.5. The van der Waals surface area contributed by atoms with E-state index < -0.39 is 0 Å². The third-order valence-electron chi connectivity index (χ3n) is 4.68. The minimum absolute atomic E-state index is 0.149. The van der Waals surface area contributed by atoms with Crippen molar-refractivity contribution in [3.05, 3.63) is 76.1 Å². The van der Waals surface area contributed by atoms with Gasteiger partial charge in [0.15, 0.2) is 0 Å². The van der Waals surface area contributed by atoms with Gasteiger partial charge in [0.05, 0.1) is 29.7 Å². The Morgan fingerprint density at radius 3 is 2.52 bits per heavy atom. The smallest absolute Gasteiger partial charge is 0.255 e. The number of carbonyl (C=O) groups excluding carboxylic acids is 2. The zero-order valence-corrected chi connectivity index (χ0v) is 17.4. The van der Waals surface area contributed by atoms with Crippen molar-refractivity contribution in [3.63, 3.8) is 0 Å². The summed E-state index contributed by atoms with van der Waals surface area (Å²) in [5, 5.41) is 10.4. The first-order valence-electron chi connectivity index (χ1n) is 9.37. The summed E-state index contributed by atoms with van der Waals surface area (Å²) in [5.41, 5.74) is 4.69. The molecule has 3 aromatic rings. The average molecular weight is 411 g/mol. The van der Waals surface area contributed by atoms with Crippen LogP contribution in [0.25, 0.3) is 5.69 Å². The number of benzene rings is 2. The van der Waals surface area contributed by atoms with E-state index in [0.717, 1.165) is 22.5 Å². The highest BCUT2D eigenvalue weighted by molar-refractivity contribution is 6.31. The lowest BCUT2D eigenvalue weighted by Crippen LogP contribution is -2.33. The highest BCUT2D eigenvalue weighted by Crippen LogP contribution is 2.22. The molecule has 0 aliphatic carbocycles. The van der Waals surface area contributed by atoms with Gasteiger partial charge in [-0.2, -0.15) is 5.10 Å². The van der Waals surface area contributed by atoms with Crippen LogP contribution >= 0.6 is 11.6 Å². The van der Waals surface area contributed by atoms with Crippen molar-refractivity contribution in [2.45, 2.75) is 27.2 Å². The Morgan fingerprint density at radius 1 is 1.10 bits per heavy atom. The van der Waals surface area contributed by atoms with Gasteiger partial charge in [-0.15, -0.1) is 0 Å². The van der Waals surface area contributed by atoms with Crippen LogP contribution in [0.2, 0.25) is 5.02 Å². The minimum Gasteiger partial charge on any atom is -0.343 e. The summed E-state index contributed by atoms with van der Waals surface area (Å²) in [5.74, 6) is -0.661. The molecular formula is C22H23ClN4O2. The quantitative estimate of drug-likeness (QED) is 0.643. The first-order chi connectivity index (χ1) is 13.9. The predicted octanol–water partition coefficient (Wildman–Crippen LogP) is 4.07. The van der Waals surface area contributed by atoms with Crippen LogP contribution < -0.4 is 10.6 Å². The molecule has 0 radical (unpaired) electrons. The van der Waals surface area contributed by atoms with E-state index in [4.69, 9.17) is 11.6 Å². The summed E-state index contributed by atoms with van der Waals surface area (Å²) in [7, 11) is 0. The van der Waals surface area contributed by atoms with Crippen molar-refractivity contribution < 1.29 is 9.59 Å². The lowest BCUT2D eigenvalue weighted by Gasteiger charge is -2.11. The van der Waals surface area contributed by atoms with Crippen molar-refractivity contribution in [2.24, 2.45) is 0 Å². The molecule has 1 heterocycles. The Kier molecular flexibility index (Phi) is 6.34. The van der Waals surface area contributed by atoms with Gasteiger partial charge >= 0.3 is 0 Å². The van der Waals surface area contributed by atoms with Crippen molar-refractivity contribution in [1.82, 2.24) is 15.1 Å². The van der Waals surface area contributed by atoms with Gasteiger partial charge in [0, 0.05) is 10.7 Å². The van der Waals surface area contributed by atoms with E-state index in [1.807, 2.05) is 45.0 Å². The van der Waals surface area contributed by atoms with E-state index in [2.05, 4.69) is 15.7 Å². The van der Waals surface area contributed by atoms with Crippen LogP contribution in [0.3, 0.4) is 0 Å². The molecule has 0 unspecified atom stereocenters. The molecule has 1 aromatic heterocycles. The Morgan fingerprint density at radius 2 is 1.83 bits per heavy atom. The summed E-state index contributed by atoms with van der Waals surface area (Å²) >= 11 is 6.07.